The molecule has 2 N–H and O–H groups in total. The molecule has 3 rings (SSSR count). The van der Waals surface area contributed by atoms with Crippen molar-refractivity contribution in [1.82, 2.24) is 4.98 Å². The van der Waals surface area contributed by atoms with E-state index in [1.54, 1.807) is 24.3 Å². The maximum atomic E-state index is 12.7. The van der Waals surface area contributed by atoms with E-state index in [0.29, 0.717) is 11.3 Å². The lowest BCUT2D eigenvalue weighted by Crippen LogP contribution is -2.32. The highest BCUT2D eigenvalue weighted by molar-refractivity contribution is 6.36. The predicted octanol–water partition coefficient (Wildman–Crippen LogP) is 4.18. The maximum absolute atomic E-state index is 12.7. The van der Waals surface area contributed by atoms with E-state index in [2.05, 4.69) is 4.98 Å². The minimum Gasteiger partial charge on any atom is -0.481 e. The van der Waals surface area contributed by atoms with Crippen molar-refractivity contribution in [3.8, 4) is 0 Å². The van der Waals surface area contributed by atoms with E-state index >= 15 is 0 Å². The van der Waals surface area contributed by atoms with Gasteiger partial charge in [-0.3, -0.25) is 9.59 Å². The third-order valence-electron chi connectivity index (χ3n) is 3.49. The first-order valence-electron chi connectivity index (χ1n) is 7.50. The lowest BCUT2D eigenvalue weighted by molar-refractivity contribution is -0.134. The van der Waals surface area contributed by atoms with E-state index in [9.17, 15) is 4.79 Å². The number of carbonyl (C=O) groups excluding carboxylic acids is 1. The average molecular weight is 360 g/mol. The number of nitrogens with one attached hydrogen (secondary N) is 1. The second-order valence-corrected chi connectivity index (χ2v) is 5.82. The molecule has 0 aliphatic heterocycles. The zero-order valence-electron chi connectivity index (χ0n) is 13.8. The number of fused-ring (bicyclic) bond motifs is 1. The molecule has 0 amide bonds. The summed E-state index contributed by atoms with van der Waals surface area (Å²) in [5.41, 5.74) is 1.95. The highest BCUT2D eigenvalue weighted by atomic mass is 35.5. The number of aromatic amines is 1. The van der Waals surface area contributed by atoms with Gasteiger partial charge in [-0.2, -0.15) is 0 Å². The zero-order valence-corrected chi connectivity index (χ0v) is 14.6. The summed E-state index contributed by atoms with van der Waals surface area (Å²) < 4.78 is 5.35. The summed E-state index contributed by atoms with van der Waals surface area (Å²) >= 11 is 6.50. The van der Waals surface area contributed by atoms with Crippen molar-refractivity contribution >= 4 is 34.3 Å². The quantitative estimate of drug-likeness (QED) is 0.541. The number of H-pyrrole nitrogens is 1. The fourth-order valence-electron chi connectivity index (χ4n) is 2.35. The van der Waals surface area contributed by atoms with Crippen molar-refractivity contribution in [1.29, 1.82) is 0 Å². The van der Waals surface area contributed by atoms with E-state index in [1.165, 1.54) is 7.11 Å². The second-order valence-electron chi connectivity index (χ2n) is 5.28. The molecular formula is C19H18ClNO4. The number of aliphatic carboxylic acids is 1. The number of alkyl halides is 1. The molecule has 0 aliphatic carbocycles. The number of ketones is 1. The molecule has 6 heteroatoms. The second kappa shape index (κ2) is 7.96. The Morgan fingerprint density at radius 2 is 1.64 bits per heavy atom. The van der Waals surface area contributed by atoms with Gasteiger partial charge < -0.3 is 14.8 Å². The van der Waals surface area contributed by atoms with Crippen molar-refractivity contribution in [3.63, 3.8) is 0 Å². The first kappa shape index (κ1) is 18.7. The highest BCUT2D eigenvalue weighted by Gasteiger charge is 2.40. The monoisotopic (exact) mass is 359 g/mol. The number of ether oxygens (including phenoxy) is 1. The molecule has 0 radical (unpaired) electrons. The number of halogens is 1. The first-order chi connectivity index (χ1) is 11.9. The van der Waals surface area contributed by atoms with Gasteiger partial charge in [-0.1, -0.05) is 60.1 Å². The summed E-state index contributed by atoms with van der Waals surface area (Å²) in [6, 6.07) is 18.5. The van der Waals surface area contributed by atoms with Gasteiger partial charge in [-0.05, 0) is 17.5 Å². The Morgan fingerprint density at radius 1 is 1.08 bits per heavy atom. The smallest absolute Gasteiger partial charge is 0.300 e. The predicted molar refractivity (Wildman–Crippen MR) is 96.9 cm³/mol. The first-order valence-corrected chi connectivity index (χ1v) is 7.88. The Hall–Kier alpha value is -2.63. The zero-order chi connectivity index (χ0) is 18.4. The van der Waals surface area contributed by atoms with Crippen LogP contribution in [0, 0.1) is 0 Å². The number of methoxy groups -OCH3 is 1. The van der Waals surface area contributed by atoms with Crippen molar-refractivity contribution in [2.24, 2.45) is 0 Å². The molecule has 2 aromatic carbocycles. The van der Waals surface area contributed by atoms with E-state index in [4.69, 9.17) is 26.2 Å². The number of hydrogen-bond donors (Lipinski definition) is 2. The molecule has 0 aliphatic rings. The lowest BCUT2D eigenvalue weighted by atomic mass is 10.0. The molecule has 1 unspecified atom stereocenters. The van der Waals surface area contributed by atoms with Crippen molar-refractivity contribution < 1.29 is 19.4 Å². The van der Waals surface area contributed by atoms with Crippen LogP contribution in [0.25, 0.3) is 10.9 Å². The van der Waals surface area contributed by atoms with Gasteiger partial charge >= 0.3 is 0 Å². The van der Waals surface area contributed by atoms with Gasteiger partial charge in [-0.25, -0.2) is 0 Å². The number of rotatable bonds is 4. The van der Waals surface area contributed by atoms with Crippen LogP contribution in [0.15, 0.2) is 60.7 Å². The van der Waals surface area contributed by atoms with Crippen molar-refractivity contribution in [2.75, 3.05) is 7.11 Å². The van der Waals surface area contributed by atoms with Crippen LogP contribution in [0.3, 0.4) is 0 Å². The highest BCUT2D eigenvalue weighted by Crippen LogP contribution is 2.35. The molecule has 1 heterocycles. The molecule has 0 saturated heterocycles. The summed E-state index contributed by atoms with van der Waals surface area (Å²) in [6.07, 6.45) is 0. The molecule has 1 atom stereocenters. The molecular weight excluding hydrogens is 342 g/mol. The number of hydrogen-bond acceptors (Lipinski definition) is 3. The molecule has 1 aromatic heterocycles. The summed E-state index contributed by atoms with van der Waals surface area (Å²) in [7, 11) is 1.43. The van der Waals surface area contributed by atoms with Crippen LogP contribution in [0.2, 0.25) is 0 Å². The van der Waals surface area contributed by atoms with Gasteiger partial charge in [0, 0.05) is 25.1 Å². The number of carboxylic acids is 1. The molecule has 5 nitrogen and oxygen atoms in total. The van der Waals surface area contributed by atoms with E-state index in [0.717, 1.165) is 17.8 Å². The number of Topliss-reactive ketones (excluding diaryl/α,β-unsaturated/α-hetero) is 1. The Labute approximate surface area is 150 Å². The molecule has 0 fully saturated rings. The normalized spacial score (nSPS) is 12.8. The van der Waals surface area contributed by atoms with Crippen LogP contribution in [-0.2, 0) is 14.6 Å². The van der Waals surface area contributed by atoms with Gasteiger partial charge in [0.15, 0.2) is 0 Å². The molecule has 3 aromatic rings. The third kappa shape index (κ3) is 4.26. The fourth-order valence-corrected chi connectivity index (χ4v) is 2.56. The van der Waals surface area contributed by atoms with Crippen LogP contribution >= 0.6 is 11.6 Å². The largest absolute Gasteiger partial charge is 0.481 e. The molecule has 0 spiro atoms. The lowest BCUT2D eigenvalue weighted by Gasteiger charge is -2.22. The third-order valence-corrected chi connectivity index (χ3v) is 4.02. The van der Waals surface area contributed by atoms with Gasteiger partial charge in [0.2, 0.25) is 10.8 Å². The maximum Gasteiger partial charge on any atom is 0.300 e. The number of carbonyl (C=O) groups is 2. The van der Waals surface area contributed by atoms with Gasteiger partial charge in [0.25, 0.3) is 5.97 Å². The number of para-hydroxylation sites is 1. The fraction of sp³-hybridized carbons (Fsp3) is 0.158. The van der Waals surface area contributed by atoms with Crippen molar-refractivity contribution in [2.45, 2.75) is 12.0 Å². The summed E-state index contributed by atoms with van der Waals surface area (Å²) in [4.78, 5) is 24.9. The van der Waals surface area contributed by atoms with Gasteiger partial charge in [0.1, 0.15) is 0 Å². The Balaban J connectivity index is 0.000000511. The SMILES string of the molecule is CC(=O)O.COC(Cl)(C(=O)c1ccccc1)c1cc2ccccc2[nH]1. The standard InChI is InChI=1S/C17H14ClNO2.C2H4O2/c1-21-17(18,16(20)12-7-3-2-4-8-12)15-11-13-9-5-6-10-14(13)19-15;1-2(3)4/h2-11,19H,1H3;1H3,(H,3,4). The topological polar surface area (TPSA) is 79.4 Å². The number of carboxylic acid groups (broad SMARTS) is 1. The summed E-state index contributed by atoms with van der Waals surface area (Å²) in [5, 5.41) is 6.84. The van der Waals surface area contributed by atoms with Crippen LogP contribution in [-0.4, -0.2) is 29.0 Å². The minimum absolute atomic E-state index is 0.293. The minimum atomic E-state index is -1.56. The van der Waals surface area contributed by atoms with Gasteiger partial charge in [-0.15, -0.1) is 0 Å². The Morgan fingerprint density at radius 3 is 2.20 bits per heavy atom. The van der Waals surface area contributed by atoms with Crippen LogP contribution in [0.4, 0.5) is 0 Å². The number of aromatic nitrogens is 1. The Kier molecular flexibility index (Phi) is 5.96. The van der Waals surface area contributed by atoms with Gasteiger partial charge in [0.05, 0.1) is 5.69 Å². The van der Waals surface area contributed by atoms with Crippen LogP contribution in [0.5, 0.6) is 0 Å². The van der Waals surface area contributed by atoms with E-state index in [-0.39, 0.29) is 5.78 Å². The van der Waals surface area contributed by atoms with Crippen molar-refractivity contribution in [3.05, 3.63) is 71.9 Å². The molecule has 25 heavy (non-hydrogen) atoms. The van der Waals surface area contributed by atoms with Crippen LogP contribution < -0.4 is 0 Å². The molecule has 130 valence electrons. The summed E-state index contributed by atoms with van der Waals surface area (Å²) in [6.45, 7) is 1.08. The molecule has 0 saturated carbocycles. The average Bonchev–Trinajstić information content (AvgIpc) is 3.05. The van der Waals surface area contributed by atoms with E-state index < -0.39 is 11.0 Å². The van der Waals surface area contributed by atoms with E-state index in [1.807, 2.05) is 36.4 Å². The Bertz CT molecular complexity index is 838. The van der Waals surface area contributed by atoms with Crippen LogP contribution in [0.1, 0.15) is 23.0 Å². The molecule has 0 bridgehead atoms. The number of benzene rings is 2. The summed E-state index contributed by atoms with van der Waals surface area (Å²) in [5.74, 6) is -1.13.